The zero-order chi connectivity index (χ0) is 29.4. The topological polar surface area (TPSA) is 99.6 Å². The molecule has 0 aliphatic rings. The number of aliphatic hydroxyl groups excluding tert-OH is 1. The summed E-state index contributed by atoms with van der Waals surface area (Å²) in [6.45, 7) is 9.06. The maximum Gasteiger partial charge on any atom is 0.234 e. The molecular weight excluding hydrogens is 512 g/mol. The van der Waals surface area contributed by atoms with E-state index in [0.717, 1.165) is 17.4 Å². The van der Waals surface area contributed by atoms with Crippen molar-refractivity contribution in [2.24, 2.45) is 0 Å². The average Bonchev–Trinajstić information content (AvgIpc) is 3.02. The van der Waals surface area contributed by atoms with Gasteiger partial charge in [0.15, 0.2) is 11.6 Å². The van der Waals surface area contributed by atoms with Crippen molar-refractivity contribution in [3.63, 3.8) is 0 Å². The molecule has 4 aromatic carbocycles. The number of aliphatic hydroxyl groups is 1. The number of carbonyl (C=O) groups is 3. The van der Waals surface area contributed by atoms with Gasteiger partial charge < -0.3 is 9.90 Å². The zero-order valence-corrected chi connectivity index (χ0v) is 22.2. The van der Waals surface area contributed by atoms with Crippen LogP contribution in [0.15, 0.2) is 127 Å². The number of ketones is 2. The quantitative estimate of drug-likeness (QED) is 0.115. The van der Waals surface area contributed by atoms with Gasteiger partial charge in [-0.3, -0.25) is 9.59 Å². The first-order valence-corrected chi connectivity index (χ1v) is 12.3. The van der Waals surface area contributed by atoms with Gasteiger partial charge in [0.1, 0.15) is 6.29 Å². The third-order valence-electron chi connectivity index (χ3n) is 4.76. The highest BCUT2D eigenvalue weighted by Gasteiger charge is 2.11. The van der Waals surface area contributed by atoms with Gasteiger partial charge in [0, 0.05) is 23.3 Å². The summed E-state index contributed by atoms with van der Waals surface area (Å²) in [5, 5.41) is 15.8. The Labute approximate surface area is 242 Å². The van der Waals surface area contributed by atoms with E-state index >= 15 is 0 Å². The van der Waals surface area contributed by atoms with Crippen molar-refractivity contribution in [2.75, 3.05) is 6.61 Å². The Bertz CT molecular complexity index is 1410. The molecule has 0 aliphatic heterocycles. The number of hydrogen-bond donors (Lipinski definition) is 1. The molecule has 1 N–H and O–H groups in total. The Kier molecular flexibility index (Phi) is 19.6. The molecule has 6 nitrogen and oxygen atoms in total. The molecule has 6 heteroatoms. The van der Waals surface area contributed by atoms with Crippen LogP contribution in [-0.2, 0) is 0 Å². The fraction of sp³-hybridized carbons (Fsp3) is 0.114. The maximum atomic E-state index is 12.1. The number of allylic oxidation sites excluding steroid dienone is 1. The summed E-state index contributed by atoms with van der Waals surface area (Å²) in [6.07, 6.45) is 2.41. The molecule has 0 bridgehead atoms. The molecule has 4 aromatic rings. The van der Waals surface area contributed by atoms with Gasteiger partial charge >= 0.3 is 0 Å². The first-order valence-electron chi connectivity index (χ1n) is 12.3. The van der Waals surface area contributed by atoms with Gasteiger partial charge in [-0.25, -0.2) is 4.85 Å². The summed E-state index contributed by atoms with van der Waals surface area (Å²) in [4.78, 5) is 36.4. The van der Waals surface area contributed by atoms with E-state index < -0.39 is 0 Å². The van der Waals surface area contributed by atoms with Crippen LogP contribution in [0.1, 0.15) is 57.4 Å². The summed E-state index contributed by atoms with van der Waals surface area (Å²) in [6, 6.07) is 38.0. The van der Waals surface area contributed by atoms with Crippen molar-refractivity contribution < 1.29 is 19.5 Å². The number of rotatable bonds is 6. The van der Waals surface area contributed by atoms with Gasteiger partial charge in [0.2, 0.25) is 5.70 Å². The minimum absolute atomic E-state index is 0. The van der Waals surface area contributed by atoms with Gasteiger partial charge in [-0.05, 0) is 18.6 Å². The van der Waals surface area contributed by atoms with Crippen LogP contribution in [0.3, 0.4) is 0 Å². The highest BCUT2D eigenvalue weighted by Crippen LogP contribution is 2.14. The highest BCUT2D eigenvalue weighted by atomic mass is 16.2. The summed E-state index contributed by atoms with van der Waals surface area (Å²) >= 11 is 0. The number of nitriles is 1. The van der Waals surface area contributed by atoms with Crippen LogP contribution in [0, 0.1) is 17.9 Å². The molecule has 0 radical (unpaired) electrons. The van der Waals surface area contributed by atoms with Gasteiger partial charge in [-0.1, -0.05) is 129 Å². The molecule has 0 aliphatic carbocycles. The van der Waals surface area contributed by atoms with Crippen LogP contribution in [0.5, 0.6) is 0 Å². The van der Waals surface area contributed by atoms with Crippen LogP contribution in [0.4, 0.5) is 0 Å². The molecular formula is C35H34N2O4. The number of hydrogen-bond acceptors (Lipinski definition) is 5. The molecule has 0 unspecified atom stereocenters. The van der Waals surface area contributed by atoms with E-state index in [4.69, 9.17) is 16.9 Å². The van der Waals surface area contributed by atoms with Crippen molar-refractivity contribution in [1.29, 1.82) is 5.26 Å². The van der Waals surface area contributed by atoms with Crippen LogP contribution in [-0.4, -0.2) is 29.6 Å². The Morgan fingerprint density at radius 3 is 1.54 bits per heavy atom. The lowest BCUT2D eigenvalue weighted by Crippen LogP contribution is -1.99. The van der Waals surface area contributed by atoms with E-state index in [0.29, 0.717) is 11.1 Å². The molecule has 0 spiro atoms. The summed E-state index contributed by atoms with van der Waals surface area (Å²) < 4.78 is 0. The van der Waals surface area contributed by atoms with Gasteiger partial charge in [-0.15, -0.1) is 0 Å². The van der Waals surface area contributed by atoms with Gasteiger partial charge in [0.25, 0.3) is 0 Å². The fourth-order valence-electron chi connectivity index (χ4n) is 2.92. The lowest BCUT2D eigenvalue weighted by atomic mass is 10.1. The lowest BCUT2D eigenvalue weighted by molar-refractivity contribution is 0.0995. The summed E-state index contributed by atoms with van der Waals surface area (Å²) in [5.74, 6) is -0.359. The first-order chi connectivity index (χ1) is 19.5. The molecule has 0 saturated carbocycles. The molecule has 0 saturated heterocycles. The second kappa shape index (κ2) is 22.5. The van der Waals surface area contributed by atoms with Crippen molar-refractivity contribution in [2.45, 2.75) is 20.8 Å². The smallest absolute Gasteiger partial charge is 0.234 e. The van der Waals surface area contributed by atoms with Gasteiger partial charge in [-0.2, -0.15) is 5.26 Å². The van der Waals surface area contributed by atoms with Crippen LogP contribution >= 0.6 is 0 Å². The fourth-order valence-corrected chi connectivity index (χ4v) is 2.92. The summed E-state index contributed by atoms with van der Waals surface area (Å²) in [5.41, 5.74) is 2.86. The molecule has 0 atom stereocenters. The Morgan fingerprint density at radius 2 is 1.17 bits per heavy atom. The molecule has 4 rings (SSSR count). The van der Waals surface area contributed by atoms with Crippen LogP contribution in [0.2, 0.25) is 0 Å². The minimum Gasteiger partial charge on any atom is -0.397 e. The third kappa shape index (κ3) is 14.9. The van der Waals surface area contributed by atoms with Crippen molar-refractivity contribution >= 4 is 23.9 Å². The number of benzene rings is 4. The number of carbonyl (C=O) groups excluding carboxylic acids is 3. The second-order valence-electron chi connectivity index (χ2n) is 7.72. The monoisotopic (exact) mass is 546 g/mol. The molecule has 0 aromatic heterocycles. The molecule has 0 fully saturated rings. The highest BCUT2D eigenvalue weighted by molar-refractivity contribution is 6.12. The van der Waals surface area contributed by atoms with E-state index in [1.54, 1.807) is 73.7 Å². The number of nitrogens with zero attached hydrogens (tertiary/aromatic N) is 2. The number of Topliss-reactive ketones (excluding diaryl/α,β-unsaturated/α-hetero) is 2. The Morgan fingerprint density at radius 1 is 0.780 bits per heavy atom. The number of aldehydes is 1. The summed E-state index contributed by atoms with van der Waals surface area (Å²) in [7, 11) is 0. The Hall–Kier alpha value is -5.43. The van der Waals surface area contributed by atoms with E-state index in [-0.39, 0.29) is 37.7 Å². The minimum atomic E-state index is -0.241. The van der Waals surface area contributed by atoms with Crippen molar-refractivity contribution in [3.05, 3.63) is 161 Å². The van der Waals surface area contributed by atoms with Crippen molar-refractivity contribution in [3.8, 4) is 6.07 Å². The van der Waals surface area contributed by atoms with E-state index in [9.17, 15) is 14.4 Å². The van der Waals surface area contributed by atoms with Crippen molar-refractivity contribution in [1.82, 2.24) is 0 Å². The van der Waals surface area contributed by atoms with E-state index in [2.05, 4.69) is 4.85 Å². The molecule has 41 heavy (non-hydrogen) atoms. The SMILES string of the molecule is C.CCO.N#CCC(=O)c1ccccc1.O=Cc1ccccc1.[C-]#[N+]/C(=C\c1ccccc1)C(=O)c1ccccc1. The first kappa shape index (κ1) is 35.6. The van der Waals surface area contributed by atoms with E-state index in [1.165, 1.54) is 0 Å². The Balaban J connectivity index is 0.000000595. The largest absolute Gasteiger partial charge is 0.397 e. The predicted octanol–water partition coefficient (Wildman–Crippen LogP) is 7.75. The van der Waals surface area contributed by atoms with Gasteiger partial charge in [0.05, 0.1) is 19.1 Å². The normalized spacial score (nSPS) is 9.12. The van der Waals surface area contributed by atoms with Crippen LogP contribution in [0.25, 0.3) is 10.9 Å². The predicted molar refractivity (Wildman–Crippen MR) is 164 cm³/mol. The average molecular weight is 547 g/mol. The molecule has 208 valence electrons. The standard InChI is InChI=1S/C16H11NO.C9H7NO.C7H6O.C2H6O.CH4/c1-17-15(12-13-8-4-2-5-9-13)16(18)14-10-6-3-7-11-14;10-7-6-9(11)8-4-2-1-3-5-8;8-6-7-4-2-1-3-5-7;1-2-3;/h2-12H;1-5H,6H2;1-6H;3H,2H2,1H3;1H4/b15-12-;;;;. The molecule has 0 amide bonds. The van der Waals surface area contributed by atoms with Crippen LogP contribution < -0.4 is 0 Å². The third-order valence-corrected chi connectivity index (χ3v) is 4.76. The van der Waals surface area contributed by atoms with E-state index in [1.807, 2.05) is 66.7 Å². The molecule has 0 heterocycles. The second-order valence-corrected chi connectivity index (χ2v) is 7.72. The zero-order valence-electron chi connectivity index (χ0n) is 22.2. The maximum absolute atomic E-state index is 12.1. The lowest BCUT2D eigenvalue weighted by Gasteiger charge is -1.99.